The smallest absolute Gasteiger partial charge is 0.422 e. The van der Waals surface area contributed by atoms with Crippen molar-refractivity contribution in [3.8, 4) is 0 Å². The van der Waals surface area contributed by atoms with Crippen molar-refractivity contribution in [3.63, 3.8) is 0 Å². The molecule has 2 nitrogen and oxygen atoms in total. The quantitative estimate of drug-likeness (QED) is 0.660. The molecule has 13 heavy (non-hydrogen) atoms. The van der Waals surface area contributed by atoms with Crippen molar-refractivity contribution in [1.29, 1.82) is 0 Å². The summed E-state index contributed by atoms with van der Waals surface area (Å²) < 4.78 is 39.6. The van der Waals surface area contributed by atoms with Gasteiger partial charge in [0.25, 0.3) is 0 Å². The molecular weight excluding hydrogens is 183 g/mol. The zero-order chi connectivity index (χ0) is 9.90. The maximum absolute atomic E-state index is 11.7. The summed E-state index contributed by atoms with van der Waals surface area (Å²) in [7, 11) is 0. The number of alkyl halides is 3. The van der Waals surface area contributed by atoms with Crippen LogP contribution in [0.4, 0.5) is 13.2 Å². The van der Waals surface area contributed by atoms with Crippen LogP contribution >= 0.6 is 0 Å². The summed E-state index contributed by atoms with van der Waals surface area (Å²) in [6.45, 7) is 0.602. The Balaban J connectivity index is 2.39. The minimum Gasteiger partial charge on any atom is -0.487 e. The lowest BCUT2D eigenvalue weighted by Crippen LogP contribution is -2.17. The van der Waals surface area contributed by atoms with Crippen LogP contribution in [0.25, 0.3) is 0 Å². The van der Waals surface area contributed by atoms with Gasteiger partial charge in [0, 0.05) is 12.1 Å². The van der Waals surface area contributed by atoms with Crippen LogP contribution in [0.5, 0.6) is 0 Å². The first-order chi connectivity index (χ1) is 5.97. The lowest BCUT2D eigenvalue weighted by Gasteiger charge is -2.14. The zero-order valence-electron chi connectivity index (χ0n) is 7.19. The Morgan fingerprint density at radius 3 is 2.62 bits per heavy atom. The van der Waals surface area contributed by atoms with Gasteiger partial charge in [-0.25, -0.2) is 0 Å². The third-order valence-electron chi connectivity index (χ3n) is 1.58. The Hall–Kier alpha value is -1.00. The molecule has 0 atom stereocenters. The van der Waals surface area contributed by atoms with E-state index in [2.05, 4.69) is 9.73 Å². The molecule has 0 aromatic heterocycles. The van der Waals surface area contributed by atoms with Crippen LogP contribution in [0.2, 0.25) is 0 Å². The Labute approximate surface area is 74.1 Å². The number of ether oxygens (including phenoxy) is 1. The van der Waals surface area contributed by atoms with Gasteiger partial charge in [-0.15, -0.1) is 0 Å². The molecular formula is C8H10F3NO. The van der Waals surface area contributed by atoms with Gasteiger partial charge in [0.15, 0.2) is 6.61 Å². The topological polar surface area (TPSA) is 21.6 Å². The van der Waals surface area contributed by atoms with Crippen LogP contribution in [-0.4, -0.2) is 18.5 Å². The van der Waals surface area contributed by atoms with E-state index in [1.165, 1.54) is 6.20 Å². The molecule has 0 N–H and O–H groups in total. The second-order valence-electron chi connectivity index (χ2n) is 2.86. The van der Waals surface area contributed by atoms with Crippen LogP contribution in [0.15, 0.2) is 17.0 Å². The van der Waals surface area contributed by atoms with Crippen molar-refractivity contribution in [2.75, 3.05) is 6.61 Å². The highest BCUT2D eigenvalue weighted by Crippen LogP contribution is 2.20. The maximum Gasteiger partial charge on any atom is 0.422 e. The molecule has 74 valence electrons. The summed E-state index contributed by atoms with van der Waals surface area (Å²) in [5, 5.41) is 0. The first-order valence-corrected chi connectivity index (χ1v) is 3.89. The highest BCUT2D eigenvalue weighted by molar-refractivity contribution is 5.83. The fraction of sp³-hybridized carbons (Fsp3) is 0.625. The highest BCUT2D eigenvalue weighted by Gasteiger charge is 2.28. The number of allylic oxidation sites excluding steroid dienone is 1. The monoisotopic (exact) mass is 193 g/mol. The molecule has 0 unspecified atom stereocenters. The summed E-state index contributed by atoms with van der Waals surface area (Å²) in [5.41, 5.74) is 0.916. The molecule has 0 amide bonds. The Bertz CT molecular complexity index is 242. The molecule has 1 aliphatic heterocycles. The molecule has 0 fully saturated rings. The summed E-state index contributed by atoms with van der Waals surface area (Å²) >= 11 is 0. The van der Waals surface area contributed by atoms with Crippen LogP contribution < -0.4 is 0 Å². The third-order valence-corrected chi connectivity index (χ3v) is 1.58. The molecule has 1 rings (SSSR count). The molecule has 5 heteroatoms. The first kappa shape index (κ1) is 10.1. The van der Waals surface area contributed by atoms with Crippen molar-refractivity contribution in [1.82, 2.24) is 0 Å². The molecule has 0 aromatic rings. The average molecular weight is 193 g/mol. The number of hydrogen-bond donors (Lipinski definition) is 0. The summed E-state index contributed by atoms with van der Waals surface area (Å²) in [5.74, 6) is 0.308. The van der Waals surface area contributed by atoms with Gasteiger partial charge in [0.05, 0.1) is 6.20 Å². The number of halogens is 3. The molecule has 0 saturated heterocycles. The number of nitrogens with zero attached hydrogens (tertiary/aromatic N) is 1. The second kappa shape index (κ2) is 3.81. The number of hydrogen-bond acceptors (Lipinski definition) is 2. The van der Waals surface area contributed by atoms with Crippen molar-refractivity contribution < 1.29 is 17.9 Å². The first-order valence-electron chi connectivity index (χ1n) is 3.89. The predicted octanol–water partition coefficient (Wildman–Crippen LogP) is 2.66. The summed E-state index contributed by atoms with van der Waals surface area (Å²) in [6.07, 6.45) is -1.74. The normalized spacial score (nSPS) is 17.8. The third kappa shape index (κ3) is 3.96. The molecule has 0 spiro atoms. The van der Waals surface area contributed by atoms with E-state index in [1.54, 1.807) is 0 Å². The molecule has 0 aromatic carbocycles. The van der Waals surface area contributed by atoms with E-state index in [1.807, 2.05) is 6.92 Å². The van der Waals surface area contributed by atoms with Gasteiger partial charge in [-0.1, -0.05) is 0 Å². The Morgan fingerprint density at radius 1 is 1.46 bits per heavy atom. The minimum absolute atomic E-state index is 0.308. The van der Waals surface area contributed by atoms with Gasteiger partial charge in [0.2, 0.25) is 0 Å². The molecule has 0 radical (unpaired) electrons. The standard InChI is InChI=1S/C8H10F3NO/c1-6-2-3-7(4-12-6)13-5-8(9,10)11/h4H,2-3,5H2,1H3. The predicted molar refractivity (Wildman–Crippen MR) is 42.4 cm³/mol. The fourth-order valence-corrected chi connectivity index (χ4v) is 0.899. The van der Waals surface area contributed by atoms with Crippen LogP contribution in [0.3, 0.4) is 0 Å². The lowest BCUT2D eigenvalue weighted by atomic mass is 10.2. The molecule has 0 saturated carbocycles. The fourth-order valence-electron chi connectivity index (χ4n) is 0.899. The van der Waals surface area contributed by atoms with E-state index in [0.29, 0.717) is 18.6 Å². The van der Waals surface area contributed by atoms with Gasteiger partial charge < -0.3 is 4.74 Å². The summed E-state index contributed by atoms with van der Waals surface area (Å²) in [4.78, 5) is 3.87. The van der Waals surface area contributed by atoms with E-state index in [0.717, 1.165) is 5.71 Å². The van der Waals surface area contributed by atoms with Gasteiger partial charge in [-0.2, -0.15) is 13.2 Å². The Kier molecular flexibility index (Phi) is 2.95. The van der Waals surface area contributed by atoms with Gasteiger partial charge in [-0.3, -0.25) is 4.99 Å². The second-order valence-corrected chi connectivity index (χ2v) is 2.86. The summed E-state index contributed by atoms with van der Waals surface area (Å²) in [6, 6.07) is 0. The molecule has 1 heterocycles. The average Bonchev–Trinajstić information content (AvgIpc) is 2.02. The van der Waals surface area contributed by atoms with E-state index < -0.39 is 12.8 Å². The molecule has 0 aliphatic carbocycles. The van der Waals surface area contributed by atoms with Crippen molar-refractivity contribution in [3.05, 3.63) is 12.0 Å². The van der Waals surface area contributed by atoms with Crippen LogP contribution in [0.1, 0.15) is 19.8 Å². The minimum atomic E-state index is -4.27. The zero-order valence-corrected chi connectivity index (χ0v) is 7.19. The lowest BCUT2D eigenvalue weighted by molar-refractivity contribution is -0.165. The highest BCUT2D eigenvalue weighted by atomic mass is 19.4. The van der Waals surface area contributed by atoms with E-state index in [-0.39, 0.29) is 0 Å². The van der Waals surface area contributed by atoms with Crippen LogP contribution in [0, 0.1) is 0 Å². The van der Waals surface area contributed by atoms with Crippen molar-refractivity contribution in [2.24, 2.45) is 4.99 Å². The van der Waals surface area contributed by atoms with Crippen LogP contribution in [-0.2, 0) is 4.74 Å². The number of aliphatic imine (C=N–C) groups is 1. The Morgan fingerprint density at radius 2 is 2.15 bits per heavy atom. The van der Waals surface area contributed by atoms with Gasteiger partial charge in [0.1, 0.15) is 5.76 Å². The SMILES string of the molecule is CC1=NC=C(OCC(F)(F)F)CC1. The maximum atomic E-state index is 11.7. The largest absolute Gasteiger partial charge is 0.487 e. The molecule has 1 aliphatic rings. The molecule has 0 bridgehead atoms. The van der Waals surface area contributed by atoms with Crippen molar-refractivity contribution in [2.45, 2.75) is 25.9 Å². The van der Waals surface area contributed by atoms with E-state index >= 15 is 0 Å². The van der Waals surface area contributed by atoms with Gasteiger partial charge >= 0.3 is 6.18 Å². The van der Waals surface area contributed by atoms with Gasteiger partial charge in [-0.05, 0) is 13.3 Å². The van der Waals surface area contributed by atoms with E-state index in [4.69, 9.17) is 0 Å². The van der Waals surface area contributed by atoms with Crippen molar-refractivity contribution >= 4 is 5.71 Å². The number of rotatable bonds is 2. The van der Waals surface area contributed by atoms with E-state index in [9.17, 15) is 13.2 Å².